The zero-order valence-corrected chi connectivity index (χ0v) is 21.8. The minimum Gasteiger partial charge on any atom is -0.361 e. The Bertz CT molecular complexity index is 1570. The first-order valence-electron chi connectivity index (χ1n) is 11.8. The highest BCUT2D eigenvalue weighted by atomic mass is 32.2. The molecular formula is C24H21F4N7O5S. The second kappa shape index (κ2) is 12.3. The van der Waals surface area contributed by atoms with Crippen LogP contribution in [0, 0.1) is 17.1 Å². The SMILES string of the molecule is N#Cc1cc(N=C(NOC(=O)C(F)(F)F)c2nonc2NCc2ccc(CN3CCS(=O)(=O)CC3)cc2)ccc1F. The number of sulfone groups is 1. The molecule has 216 valence electrons. The second-order valence-corrected chi connectivity index (χ2v) is 11.1. The van der Waals surface area contributed by atoms with Gasteiger partial charge in [-0.25, -0.2) is 27.2 Å². The topological polar surface area (TPSA) is 163 Å². The van der Waals surface area contributed by atoms with Gasteiger partial charge in [-0.15, -0.1) is 0 Å². The van der Waals surface area contributed by atoms with Crippen LogP contribution in [0.3, 0.4) is 0 Å². The van der Waals surface area contributed by atoms with E-state index < -0.39 is 33.6 Å². The molecule has 1 aliphatic rings. The van der Waals surface area contributed by atoms with Crippen LogP contribution in [0.5, 0.6) is 0 Å². The Hall–Kier alpha value is -4.56. The molecule has 1 aliphatic heterocycles. The number of nitrogens with zero attached hydrogens (tertiary/aromatic N) is 5. The number of hydrogen-bond acceptors (Lipinski definition) is 11. The highest BCUT2D eigenvalue weighted by molar-refractivity contribution is 7.91. The van der Waals surface area contributed by atoms with Crippen molar-refractivity contribution in [3.8, 4) is 6.07 Å². The first-order valence-corrected chi connectivity index (χ1v) is 13.7. The Labute approximate surface area is 230 Å². The number of rotatable bonds is 7. The van der Waals surface area contributed by atoms with Gasteiger partial charge in [0.05, 0.1) is 22.8 Å². The third kappa shape index (κ3) is 7.99. The lowest BCUT2D eigenvalue weighted by Crippen LogP contribution is -2.39. The molecule has 41 heavy (non-hydrogen) atoms. The maximum Gasteiger partial charge on any atom is 0.493 e. The number of hydrogen-bond donors (Lipinski definition) is 2. The average molecular weight is 596 g/mol. The zero-order valence-electron chi connectivity index (χ0n) is 21.0. The fourth-order valence-corrected chi connectivity index (χ4v) is 4.93. The van der Waals surface area contributed by atoms with E-state index in [1.807, 2.05) is 29.2 Å². The Kier molecular flexibility index (Phi) is 8.83. The van der Waals surface area contributed by atoms with E-state index in [4.69, 9.17) is 9.89 Å². The van der Waals surface area contributed by atoms with Crippen molar-refractivity contribution < 1.29 is 40.2 Å². The second-order valence-electron chi connectivity index (χ2n) is 8.79. The molecular weight excluding hydrogens is 574 g/mol. The van der Waals surface area contributed by atoms with E-state index in [0.717, 1.165) is 29.3 Å². The lowest BCUT2D eigenvalue weighted by atomic mass is 10.1. The van der Waals surface area contributed by atoms with E-state index in [-0.39, 0.29) is 40.8 Å². The summed E-state index contributed by atoms with van der Waals surface area (Å²) in [5, 5.41) is 19.2. The zero-order chi connectivity index (χ0) is 29.6. The van der Waals surface area contributed by atoms with E-state index in [9.17, 15) is 30.8 Å². The molecule has 2 heterocycles. The van der Waals surface area contributed by atoms with E-state index in [1.54, 1.807) is 11.5 Å². The van der Waals surface area contributed by atoms with Gasteiger partial charge < -0.3 is 10.2 Å². The van der Waals surface area contributed by atoms with Crippen LogP contribution in [0.4, 0.5) is 29.1 Å². The number of nitriles is 1. The lowest BCUT2D eigenvalue weighted by molar-refractivity contribution is -0.203. The van der Waals surface area contributed by atoms with Crippen molar-refractivity contribution in [3.63, 3.8) is 0 Å². The van der Waals surface area contributed by atoms with Gasteiger partial charge in [0.15, 0.2) is 21.4 Å². The summed E-state index contributed by atoms with van der Waals surface area (Å²) in [7, 11) is -2.97. The standard InChI is InChI=1S/C24H21F4N7O5S/c25-19-6-5-18(11-17(19)12-29)31-22(33-39-23(36)24(26,27)28)20-21(34-40-32-20)30-13-15-1-3-16(4-2-15)14-35-7-9-41(37,38)10-8-35/h1-6,11H,7-10,13-14H2,(H,30,34)(H,31,33). The van der Waals surface area contributed by atoms with Crippen LogP contribution in [-0.2, 0) is 32.6 Å². The summed E-state index contributed by atoms with van der Waals surface area (Å²) in [5.74, 6) is -3.80. The van der Waals surface area contributed by atoms with Gasteiger partial charge in [0.25, 0.3) is 0 Å². The van der Waals surface area contributed by atoms with Crippen molar-refractivity contribution in [1.82, 2.24) is 20.7 Å². The average Bonchev–Trinajstić information content (AvgIpc) is 3.40. The molecule has 2 N–H and O–H groups in total. The van der Waals surface area contributed by atoms with Crippen molar-refractivity contribution in [2.75, 3.05) is 29.9 Å². The highest BCUT2D eigenvalue weighted by Crippen LogP contribution is 2.21. The van der Waals surface area contributed by atoms with Crippen LogP contribution in [0.1, 0.15) is 22.4 Å². The maximum absolute atomic E-state index is 13.7. The molecule has 0 radical (unpaired) electrons. The summed E-state index contributed by atoms with van der Waals surface area (Å²) >= 11 is 0. The molecule has 0 unspecified atom stereocenters. The number of carbonyl (C=O) groups excluding carboxylic acids is 1. The van der Waals surface area contributed by atoms with Gasteiger partial charge in [0, 0.05) is 26.2 Å². The van der Waals surface area contributed by atoms with E-state index in [1.165, 1.54) is 0 Å². The first-order chi connectivity index (χ1) is 19.4. The molecule has 17 heteroatoms. The monoisotopic (exact) mass is 595 g/mol. The summed E-state index contributed by atoms with van der Waals surface area (Å²) in [6.45, 7) is 1.66. The molecule has 1 aromatic heterocycles. The third-order valence-corrected chi connectivity index (χ3v) is 7.43. The van der Waals surface area contributed by atoms with Crippen molar-refractivity contribution in [2.24, 2.45) is 4.99 Å². The Balaban J connectivity index is 1.48. The fraction of sp³-hybridized carbons (Fsp3) is 0.292. The Morgan fingerprint density at radius 3 is 2.46 bits per heavy atom. The summed E-state index contributed by atoms with van der Waals surface area (Å²) in [6.07, 6.45) is -5.32. The molecule has 0 saturated carbocycles. The molecule has 12 nitrogen and oxygen atoms in total. The number of benzene rings is 2. The summed E-state index contributed by atoms with van der Waals surface area (Å²) in [4.78, 5) is 21.4. The van der Waals surface area contributed by atoms with E-state index >= 15 is 0 Å². The van der Waals surface area contributed by atoms with Gasteiger partial charge in [-0.2, -0.15) is 23.9 Å². The number of halogens is 4. The van der Waals surface area contributed by atoms with Gasteiger partial charge in [-0.05, 0) is 39.6 Å². The number of hydroxylamine groups is 1. The van der Waals surface area contributed by atoms with Gasteiger partial charge in [-0.3, -0.25) is 4.90 Å². The maximum atomic E-state index is 13.7. The number of aliphatic imine (C=N–C) groups is 1. The molecule has 0 spiro atoms. The fourth-order valence-electron chi connectivity index (χ4n) is 3.65. The molecule has 1 saturated heterocycles. The van der Waals surface area contributed by atoms with E-state index in [2.05, 4.69) is 25.5 Å². The molecule has 3 aromatic rings. The van der Waals surface area contributed by atoms with Crippen molar-refractivity contribution >= 4 is 33.1 Å². The van der Waals surface area contributed by atoms with E-state index in [0.29, 0.717) is 19.6 Å². The number of anilines is 1. The lowest BCUT2D eigenvalue weighted by Gasteiger charge is -2.26. The van der Waals surface area contributed by atoms with Crippen molar-refractivity contribution in [3.05, 3.63) is 70.7 Å². The Morgan fingerprint density at radius 1 is 1.12 bits per heavy atom. The number of carbonyl (C=O) groups is 1. The molecule has 4 rings (SSSR count). The smallest absolute Gasteiger partial charge is 0.361 e. The number of amidine groups is 1. The third-order valence-electron chi connectivity index (χ3n) is 5.82. The predicted molar refractivity (Wildman–Crippen MR) is 135 cm³/mol. The molecule has 0 aliphatic carbocycles. The molecule has 0 atom stereocenters. The van der Waals surface area contributed by atoms with Crippen LogP contribution in [-0.4, -0.2) is 66.2 Å². The van der Waals surface area contributed by atoms with Gasteiger partial charge >= 0.3 is 12.1 Å². The summed E-state index contributed by atoms with van der Waals surface area (Å²) < 4.78 is 79.7. The van der Waals surface area contributed by atoms with Gasteiger partial charge in [0.1, 0.15) is 11.9 Å². The van der Waals surface area contributed by atoms with Crippen LogP contribution in [0.2, 0.25) is 0 Å². The minimum absolute atomic E-state index is 0.0793. The number of alkyl halides is 3. The molecule has 0 amide bonds. The highest BCUT2D eigenvalue weighted by Gasteiger charge is 2.42. The van der Waals surface area contributed by atoms with Crippen LogP contribution in [0.15, 0.2) is 52.1 Å². The summed E-state index contributed by atoms with van der Waals surface area (Å²) in [5.41, 5.74) is 2.78. The van der Waals surface area contributed by atoms with Crippen molar-refractivity contribution in [1.29, 1.82) is 5.26 Å². The van der Waals surface area contributed by atoms with Crippen LogP contribution >= 0.6 is 0 Å². The first kappa shape index (κ1) is 29.4. The normalized spacial score (nSPS) is 15.6. The number of aromatic nitrogens is 2. The molecule has 1 fully saturated rings. The van der Waals surface area contributed by atoms with Crippen molar-refractivity contribution in [2.45, 2.75) is 19.3 Å². The quantitative estimate of drug-likeness (QED) is 0.179. The molecule has 0 bridgehead atoms. The van der Waals surface area contributed by atoms with Gasteiger partial charge in [-0.1, -0.05) is 24.3 Å². The summed E-state index contributed by atoms with van der Waals surface area (Å²) in [6, 6.07) is 12.1. The number of nitrogens with one attached hydrogen (secondary N) is 2. The Morgan fingerprint density at radius 2 is 1.80 bits per heavy atom. The largest absolute Gasteiger partial charge is 0.493 e. The van der Waals surface area contributed by atoms with Crippen LogP contribution < -0.4 is 10.8 Å². The van der Waals surface area contributed by atoms with Gasteiger partial charge in [0.2, 0.25) is 5.82 Å². The molecule has 2 aromatic carbocycles. The van der Waals surface area contributed by atoms with Crippen LogP contribution in [0.25, 0.3) is 0 Å². The minimum atomic E-state index is -5.32. The predicted octanol–water partition coefficient (Wildman–Crippen LogP) is 2.61.